The number of carboxylic acids is 1. The topological polar surface area (TPSA) is 81.2 Å². The third-order valence-electron chi connectivity index (χ3n) is 3.54. The largest absolute Gasteiger partial charge is 0.477 e. The van der Waals surface area contributed by atoms with Crippen LogP contribution in [-0.4, -0.2) is 84.4 Å². The van der Waals surface area contributed by atoms with Crippen molar-refractivity contribution in [2.45, 2.75) is 0 Å². The number of carbonyl (C=O) groups is 3. The van der Waals surface area contributed by atoms with Crippen LogP contribution in [0.15, 0.2) is 12.1 Å². The van der Waals surface area contributed by atoms with Crippen LogP contribution < -0.4 is 0 Å². The molecule has 1 aliphatic heterocycles. The maximum Gasteiger partial charge on any atom is 0.345 e. The van der Waals surface area contributed by atoms with Gasteiger partial charge in [0.1, 0.15) is 4.88 Å². The van der Waals surface area contributed by atoms with E-state index in [-0.39, 0.29) is 16.7 Å². The second-order valence-corrected chi connectivity index (χ2v) is 6.41. The zero-order chi connectivity index (χ0) is 16.3. The fourth-order valence-electron chi connectivity index (χ4n) is 2.17. The van der Waals surface area contributed by atoms with Crippen LogP contribution in [0, 0.1) is 0 Å². The summed E-state index contributed by atoms with van der Waals surface area (Å²) in [6.07, 6.45) is 0. The van der Waals surface area contributed by atoms with Crippen LogP contribution >= 0.6 is 11.3 Å². The first-order valence-electron chi connectivity index (χ1n) is 6.93. The summed E-state index contributed by atoms with van der Waals surface area (Å²) in [6.45, 7) is 2.72. The average molecular weight is 325 g/mol. The van der Waals surface area contributed by atoms with Crippen LogP contribution in [0.5, 0.6) is 0 Å². The molecule has 0 bridgehead atoms. The molecule has 8 heteroatoms. The summed E-state index contributed by atoms with van der Waals surface area (Å²) in [5.41, 5.74) is 0. The lowest BCUT2D eigenvalue weighted by Gasteiger charge is -2.34. The van der Waals surface area contributed by atoms with Gasteiger partial charge in [-0.25, -0.2) is 4.79 Å². The second kappa shape index (κ2) is 6.89. The first kappa shape index (κ1) is 16.4. The van der Waals surface area contributed by atoms with Gasteiger partial charge in [-0.2, -0.15) is 0 Å². The van der Waals surface area contributed by atoms with Gasteiger partial charge in [0.2, 0.25) is 5.91 Å². The van der Waals surface area contributed by atoms with Gasteiger partial charge in [0, 0.05) is 40.3 Å². The Hall–Kier alpha value is -1.93. The second-order valence-electron chi connectivity index (χ2n) is 5.33. The molecule has 2 heterocycles. The molecule has 1 aromatic rings. The van der Waals surface area contributed by atoms with Crippen LogP contribution in [0.1, 0.15) is 19.3 Å². The summed E-state index contributed by atoms with van der Waals surface area (Å²) in [4.78, 5) is 40.7. The maximum atomic E-state index is 12.3. The van der Waals surface area contributed by atoms with Gasteiger partial charge in [0.15, 0.2) is 0 Å². The molecule has 1 saturated heterocycles. The van der Waals surface area contributed by atoms with Crippen LogP contribution in [0.4, 0.5) is 0 Å². The molecule has 0 atom stereocenters. The Labute approximate surface area is 132 Å². The number of thiophene rings is 1. The van der Waals surface area contributed by atoms with Crippen molar-refractivity contribution in [3.63, 3.8) is 0 Å². The van der Waals surface area contributed by atoms with E-state index < -0.39 is 5.97 Å². The normalized spacial score (nSPS) is 15.6. The lowest BCUT2D eigenvalue weighted by Crippen LogP contribution is -2.50. The number of hydrogen-bond acceptors (Lipinski definition) is 5. The van der Waals surface area contributed by atoms with Crippen molar-refractivity contribution < 1.29 is 19.5 Å². The molecule has 0 spiro atoms. The molecule has 7 nitrogen and oxygen atoms in total. The third kappa shape index (κ3) is 3.83. The highest BCUT2D eigenvalue weighted by Gasteiger charge is 2.25. The molecule has 120 valence electrons. The molecule has 2 amide bonds. The van der Waals surface area contributed by atoms with Crippen molar-refractivity contribution >= 4 is 29.1 Å². The van der Waals surface area contributed by atoms with Gasteiger partial charge in [0.25, 0.3) is 5.91 Å². The highest BCUT2D eigenvalue weighted by Crippen LogP contribution is 2.19. The lowest BCUT2D eigenvalue weighted by molar-refractivity contribution is -0.130. The predicted molar refractivity (Wildman–Crippen MR) is 82.3 cm³/mol. The van der Waals surface area contributed by atoms with E-state index in [0.29, 0.717) is 37.6 Å². The van der Waals surface area contributed by atoms with Gasteiger partial charge in [-0.05, 0) is 12.1 Å². The van der Waals surface area contributed by atoms with Crippen molar-refractivity contribution in [2.75, 3.05) is 46.8 Å². The summed E-state index contributed by atoms with van der Waals surface area (Å²) in [5.74, 6) is -1.11. The Balaban J connectivity index is 1.89. The Morgan fingerprint density at radius 2 is 1.73 bits per heavy atom. The molecule has 0 radical (unpaired) electrons. The van der Waals surface area contributed by atoms with E-state index in [0.717, 1.165) is 11.3 Å². The molecule has 1 N–H and O–H groups in total. The number of carbonyl (C=O) groups excluding carboxylic acids is 2. The van der Waals surface area contributed by atoms with E-state index in [9.17, 15) is 14.4 Å². The Morgan fingerprint density at radius 3 is 2.23 bits per heavy atom. The zero-order valence-electron chi connectivity index (χ0n) is 12.6. The van der Waals surface area contributed by atoms with Crippen molar-refractivity contribution in [3.05, 3.63) is 21.9 Å². The fourth-order valence-corrected chi connectivity index (χ4v) is 2.98. The smallest absolute Gasteiger partial charge is 0.345 e. The Morgan fingerprint density at radius 1 is 1.14 bits per heavy atom. The van der Waals surface area contributed by atoms with Gasteiger partial charge in [-0.3, -0.25) is 14.5 Å². The number of likely N-dealkylation sites (N-methyl/N-ethyl adjacent to an activating group) is 1. The summed E-state index contributed by atoms with van der Waals surface area (Å²) in [6, 6.07) is 3.00. The molecule has 0 saturated carbocycles. The third-order valence-corrected chi connectivity index (χ3v) is 4.61. The van der Waals surface area contributed by atoms with E-state index in [1.54, 1.807) is 30.0 Å². The molecule has 0 aliphatic carbocycles. The molecule has 22 heavy (non-hydrogen) atoms. The molecule has 1 aliphatic rings. The minimum absolute atomic E-state index is 0.0455. The Kier molecular flexibility index (Phi) is 5.15. The summed E-state index contributed by atoms with van der Waals surface area (Å²) in [5, 5.41) is 8.90. The van der Waals surface area contributed by atoms with Gasteiger partial charge in [0.05, 0.1) is 11.4 Å². The van der Waals surface area contributed by atoms with Crippen LogP contribution in [0.2, 0.25) is 0 Å². The van der Waals surface area contributed by atoms with Crippen LogP contribution in [0.3, 0.4) is 0 Å². The van der Waals surface area contributed by atoms with E-state index in [2.05, 4.69) is 0 Å². The van der Waals surface area contributed by atoms with Gasteiger partial charge in [-0.15, -0.1) is 11.3 Å². The van der Waals surface area contributed by atoms with Crippen LogP contribution in [-0.2, 0) is 4.79 Å². The van der Waals surface area contributed by atoms with Crippen molar-refractivity contribution in [1.82, 2.24) is 14.7 Å². The molecule has 1 aromatic heterocycles. The number of amides is 2. The predicted octanol–water partition coefficient (Wildman–Crippen LogP) is 0.292. The lowest BCUT2D eigenvalue weighted by atomic mass is 10.3. The minimum atomic E-state index is -1.02. The van der Waals surface area contributed by atoms with E-state index >= 15 is 0 Å². The van der Waals surface area contributed by atoms with Crippen molar-refractivity contribution in [2.24, 2.45) is 0 Å². The fraction of sp³-hybridized carbons (Fsp3) is 0.500. The molecule has 1 fully saturated rings. The molecular formula is C14H19N3O4S. The van der Waals surface area contributed by atoms with Crippen LogP contribution in [0.25, 0.3) is 0 Å². The number of hydrogen-bond donors (Lipinski definition) is 1. The van der Waals surface area contributed by atoms with Gasteiger partial charge in [-0.1, -0.05) is 0 Å². The number of rotatable bonds is 4. The molecule has 0 unspecified atom stereocenters. The van der Waals surface area contributed by atoms with Gasteiger partial charge < -0.3 is 14.9 Å². The van der Waals surface area contributed by atoms with Gasteiger partial charge >= 0.3 is 5.97 Å². The summed E-state index contributed by atoms with van der Waals surface area (Å²) >= 11 is 0.993. The van der Waals surface area contributed by atoms with Crippen molar-refractivity contribution in [1.29, 1.82) is 0 Å². The zero-order valence-corrected chi connectivity index (χ0v) is 13.4. The minimum Gasteiger partial charge on any atom is -0.477 e. The number of piperazine rings is 1. The molecular weight excluding hydrogens is 306 g/mol. The van der Waals surface area contributed by atoms with Crippen molar-refractivity contribution in [3.8, 4) is 0 Å². The summed E-state index contributed by atoms with van der Waals surface area (Å²) < 4.78 is 0. The monoisotopic (exact) mass is 325 g/mol. The summed E-state index contributed by atoms with van der Waals surface area (Å²) in [7, 11) is 3.44. The quantitative estimate of drug-likeness (QED) is 0.861. The van der Waals surface area contributed by atoms with E-state index in [4.69, 9.17) is 5.11 Å². The maximum absolute atomic E-state index is 12.3. The number of nitrogens with zero attached hydrogens (tertiary/aromatic N) is 3. The highest BCUT2D eigenvalue weighted by atomic mass is 32.1. The highest BCUT2D eigenvalue weighted by molar-refractivity contribution is 7.15. The number of aromatic carboxylic acids is 1. The average Bonchev–Trinajstić information content (AvgIpc) is 2.97. The molecule has 0 aromatic carbocycles. The number of carboxylic acid groups (broad SMARTS) is 1. The van der Waals surface area contributed by atoms with E-state index in [1.165, 1.54) is 6.07 Å². The Bertz CT molecular complexity index is 576. The molecule has 2 rings (SSSR count). The van der Waals surface area contributed by atoms with E-state index in [1.807, 2.05) is 4.90 Å². The first-order chi connectivity index (χ1) is 10.4. The standard InChI is InChI=1S/C14H19N3O4S/c1-15(2)12(18)9-16-5-7-17(8-6-16)13(19)10-3-4-11(22-10)14(20)21/h3-4H,5-9H2,1-2H3,(H,20,21). The SMILES string of the molecule is CN(C)C(=O)CN1CCN(C(=O)c2ccc(C(=O)O)s2)CC1. The first-order valence-corrected chi connectivity index (χ1v) is 7.75.